The second-order valence-electron chi connectivity index (χ2n) is 4.39. The molecular weight excluding hydrogens is 260 g/mol. The number of rotatable bonds is 13. The Morgan fingerprint density at radius 3 is 2.11 bits per heavy atom. The van der Waals surface area contributed by atoms with Crippen LogP contribution >= 0.6 is 0 Å². The average Bonchev–Trinajstić information content (AvgIpc) is 2.43. The summed E-state index contributed by atoms with van der Waals surface area (Å²) in [6.45, 7) is 9.64. The van der Waals surface area contributed by atoms with Gasteiger partial charge in [0.15, 0.2) is 0 Å². The van der Waals surface area contributed by atoms with Gasteiger partial charge in [0.1, 0.15) is 0 Å². The average molecular weight is 288 g/mol. The second kappa shape index (κ2) is 13.8. The molecule has 0 aromatic heterocycles. The SMILES string of the molecule is C=CC(=O)OCCC[SiH](OCCCC)OCCCC. The molecule has 112 valence electrons. The molecule has 0 radical (unpaired) electrons. The van der Waals surface area contributed by atoms with Gasteiger partial charge in [0.2, 0.25) is 0 Å². The van der Waals surface area contributed by atoms with Gasteiger partial charge in [-0.15, -0.1) is 0 Å². The quantitative estimate of drug-likeness (QED) is 0.226. The van der Waals surface area contributed by atoms with Crippen molar-refractivity contribution in [2.75, 3.05) is 19.8 Å². The predicted molar refractivity (Wildman–Crippen MR) is 79.4 cm³/mol. The van der Waals surface area contributed by atoms with Crippen LogP contribution in [0.25, 0.3) is 0 Å². The fourth-order valence-electron chi connectivity index (χ4n) is 1.41. The summed E-state index contributed by atoms with van der Waals surface area (Å²) in [7, 11) is -1.59. The maximum absolute atomic E-state index is 10.9. The van der Waals surface area contributed by atoms with Gasteiger partial charge < -0.3 is 13.6 Å². The van der Waals surface area contributed by atoms with E-state index in [-0.39, 0.29) is 5.97 Å². The van der Waals surface area contributed by atoms with Crippen LogP contribution in [0.15, 0.2) is 12.7 Å². The number of hydrogen-bond acceptors (Lipinski definition) is 4. The van der Waals surface area contributed by atoms with E-state index in [1.807, 2.05) is 0 Å². The van der Waals surface area contributed by atoms with Crippen LogP contribution in [0.4, 0.5) is 0 Å². The van der Waals surface area contributed by atoms with Crippen molar-refractivity contribution < 1.29 is 18.4 Å². The summed E-state index contributed by atoms with van der Waals surface area (Å²) in [5, 5.41) is 0. The predicted octanol–water partition coefficient (Wildman–Crippen LogP) is 2.96. The first-order chi connectivity index (χ1) is 9.24. The van der Waals surface area contributed by atoms with Crippen LogP contribution in [0, 0.1) is 0 Å². The normalized spacial score (nSPS) is 10.7. The monoisotopic (exact) mass is 288 g/mol. The molecule has 0 aliphatic heterocycles. The molecule has 0 N–H and O–H groups in total. The highest BCUT2D eigenvalue weighted by molar-refractivity contribution is 6.44. The Morgan fingerprint density at radius 1 is 1.05 bits per heavy atom. The fraction of sp³-hybridized carbons (Fsp3) is 0.786. The summed E-state index contributed by atoms with van der Waals surface area (Å²) in [4.78, 5) is 10.9. The highest BCUT2D eigenvalue weighted by atomic mass is 28.3. The summed E-state index contributed by atoms with van der Waals surface area (Å²) in [5.74, 6) is -0.364. The number of esters is 1. The first-order valence-electron chi connectivity index (χ1n) is 7.27. The summed E-state index contributed by atoms with van der Waals surface area (Å²) in [6, 6.07) is 0.887. The highest BCUT2D eigenvalue weighted by Gasteiger charge is 2.13. The minimum Gasteiger partial charge on any atom is -0.463 e. The number of hydrogen-bond donors (Lipinski definition) is 0. The van der Waals surface area contributed by atoms with Crippen LogP contribution in [0.2, 0.25) is 6.04 Å². The number of carbonyl (C=O) groups excluding carboxylic acids is 1. The molecule has 0 bridgehead atoms. The number of carbonyl (C=O) groups is 1. The maximum Gasteiger partial charge on any atom is 0.330 e. The Hall–Kier alpha value is -0.653. The molecule has 0 atom stereocenters. The molecule has 0 spiro atoms. The smallest absolute Gasteiger partial charge is 0.330 e. The van der Waals surface area contributed by atoms with Gasteiger partial charge in [-0.2, -0.15) is 0 Å². The number of ether oxygens (including phenoxy) is 1. The lowest BCUT2D eigenvalue weighted by Crippen LogP contribution is -2.24. The van der Waals surface area contributed by atoms with Crippen molar-refractivity contribution in [2.45, 2.75) is 52.0 Å². The van der Waals surface area contributed by atoms with E-state index in [1.54, 1.807) is 0 Å². The third kappa shape index (κ3) is 12.1. The van der Waals surface area contributed by atoms with E-state index < -0.39 is 9.28 Å². The molecule has 0 amide bonds. The molecule has 0 unspecified atom stereocenters. The number of unbranched alkanes of at least 4 members (excludes halogenated alkanes) is 2. The van der Waals surface area contributed by atoms with Gasteiger partial charge in [0.25, 0.3) is 0 Å². The largest absolute Gasteiger partial charge is 0.463 e. The maximum atomic E-state index is 10.9. The minimum atomic E-state index is -1.59. The van der Waals surface area contributed by atoms with Gasteiger partial charge in [-0.1, -0.05) is 33.3 Å². The molecular formula is C14H28O4Si. The molecule has 0 saturated carbocycles. The van der Waals surface area contributed by atoms with Gasteiger partial charge in [0.05, 0.1) is 6.61 Å². The summed E-state index contributed by atoms with van der Waals surface area (Å²) in [5.41, 5.74) is 0. The lowest BCUT2D eigenvalue weighted by molar-refractivity contribution is -0.137. The Balaban J connectivity index is 3.75. The van der Waals surface area contributed by atoms with Gasteiger partial charge in [-0.25, -0.2) is 4.79 Å². The third-order valence-corrected chi connectivity index (χ3v) is 4.69. The lowest BCUT2D eigenvalue weighted by atomic mass is 10.4. The first kappa shape index (κ1) is 18.3. The zero-order valence-electron chi connectivity index (χ0n) is 12.4. The minimum absolute atomic E-state index is 0.364. The zero-order chi connectivity index (χ0) is 14.3. The zero-order valence-corrected chi connectivity index (χ0v) is 13.5. The van der Waals surface area contributed by atoms with E-state index in [0.29, 0.717) is 6.61 Å². The van der Waals surface area contributed by atoms with Crippen LogP contribution in [-0.2, 0) is 18.4 Å². The van der Waals surface area contributed by atoms with Crippen molar-refractivity contribution in [3.63, 3.8) is 0 Å². The third-order valence-electron chi connectivity index (χ3n) is 2.60. The fourth-order valence-corrected chi connectivity index (χ4v) is 3.20. The molecule has 0 saturated heterocycles. The Morgan fingerprint density at radius 2 is 1.63 bits per heavy atom. The van der Waals surface area contributed by atoms with Crippen molar-refractivity contribution >= 4 is 15.3 Å². The van der Waals surface area contributed by atoms with Crippen LogP contribution in [0.1, 0.15) is 46.0 Å². The molecule has 0 aromatic carbocycles. The topological polar surface area (TPSA) is 44.8 Å². The molecule has 0 aromatic rings. The van der Waals surface area contributed by atoms with E-state index in [2.05, 4.69) is 20.4 Å². The molecule has 0 aliphatic carbocycles. The molecule has 0 heterocycles. The first-order valence-corrected chi connectivity index (χ1v) is 9.02. The second-order valence-corrected chi connectivity index (χ2v) is 6.50. The molecule has 19 heavy (non-hydrogen) atoms. The molecule has 0 aliphatic rings. The van der Waals surface area contributed by atoms with E-state index >= 15 is 0 Å². The summed E-state index contributed by atoms with van der Waals surface area (Å²) >= 11 is 0. The van der Waals surface area contributed by atoms with Gasteiger partial charge in [0, 0.05) is 19.3 Å². The molecule has 0 fully saturated rings. The van der Waals surface area contributed by atoms with Crippen LogP contribution in [0.3, 0.4) is 0 Å². The van der Waals surface area contributed by atoms with E-state index in [9.17, 15) is 4.79 Å². The van der Waals surface area contributed by atoms with Crippen LogP contribution in [0.5, 0.6) is 0 Å². The highest BCUT2D eigenvalue weighted by Crippen LogP contribution is 2.05. The van der Waals surface area contributed by atoms with E-state index in [0.717, 1.165) is 51.4 Å². The van der Waals surface area contributed by atoms with Crippen molar-refractivity contribution in [3.8, 4) is 0 Å². The molecule has 4 nitrogen and oxygen atoms in total. The van der Waals surface area contributed by atoms with E-state index in [4.69, 9.17) is 13.6 Å². The molecule has 0 rings (SSSR count). The van der Waals surface area contributed by atoms with Gasteiger partial charge in [-0.05, 0) is 25.3 Å². The van der Waals surface area contributed by atoms with Gasteiger partial charge >= 0.3 is 15.3 Å². The lowest BCUT2D eigenvalue weighted by Gasteiger charge is -2.16. The van der Waals surface area contributed by atoms with Crippen molar-refractivity contribution in [1.29, 1.82) is 0 Å². The van der Waals surface area contributed by atoms with Crippen LogP contribution < -0.4 is 0 Å². The van der Waals surface area contributed by atoms with Crippen molar-refractivity contribution in [3.05, 3.63) is 12.7 Å². The standard InChI is InChI=1S/C14H28O4Si/c1-4-7-11-17-19(18-12-8-5-2)13-9-10-16-14(15)6-3/h6,19H,3-5,7-13H2,1-2H3. The Bertz CT molecular complexity index is 223. The van der Waals surface area contributed by atoms with Crippen molar-refractivity contribution in [2.24, 2.45) is 0 Å². The Labute approximate surface area is 119 Å². The summed E-state index contributed by atoms with van der Waals surface area (Å²) < 4.78 is 16.6. The van der Waals surface area contributed by atoms with Gasteiger partial charge in [-0.3, -0.25) is 0 Å². The van der Waals surface area contributed by atoms with Crippen LogP contribution in [-0.4, -0.2) is 35.1 Å². The van der Waals surface area contributed by atoms with E-state index in [1.165, 1.54) is 6.08 Å². The van der Waals surface area contributed by atoms with Crippen molar-refractivity contribution in [1.82, 2.24) is 0 Å². The summed E-state index contributed by atoms with van der Waals surface area (Å²) in [6.07, 6.45) is 6.40. The molecule has 5 heteroatoms. The Kier molecular flexibility index (Phi) is 13.3.